The van der Waals surface area contributed by atoms with Crippen molar-refractivity contribution in [2.45, 2.75) is 16.3 Å². The van der Waals surface area contributed by atoms with Crippen molar-refractivity contribution in [3.63, 3.8) is 0 Å². The van der Waals surface area contributed by atoms with Gasteiger partial charge in [-0.1, -0.05) is 11.3 Å². The van der Waals surface area contributed by atoms with Crippen molar-refractivity contribution in [2.75, 3.05) is 19.0 Å². The molecule has 2 aromatic rings. The SMILES string of the molecule is CC(=O)c1cccnc1Sc1nnc(N(C)C)s1. The average molecular weight is 280 g/mol. The quantitative estimate of drug-likeness (QED) is 0.801. The summed E-state index contributed by atoms with van der Waals surface area (Å²) in [6, 6.07) is 3.53. The Morgan fingerprint density at radius 3 is 2.78 bits per heavy atom. The molecule has 0 fully saturated rings. The Morgan fingerprint density at radius 2 is 2.17 bits per heavy atom. The number of anilines is 1. The van der Waals surface area contributed by atoms with Gasteiger partial charge >= 0.3 is 0 Å². The zero-order valence-corrected chi connectivity index (χ0v) is 11.9. The molecule has 0 radical (unpaired) electrons. The van der Waals surface area contributed by atoms with Crippen LogP contribution in [0.4, 0.5) is 5.13 Å². The normalized spacial score (nSPS) is 10.4. The largest absolute Gasteiger partial charge is 0.353 e. The van der Waals surface area contributed by atoms with Gasteiger partial charge in [-0.2, -0.15) is 0 Å². The van der Waals surface area contributed by atoms with Crippen LogP contribution in [-0.2, 0) is 0 Å². The molecule has 2 heterocycles. The first-order valence-corrected chi connectivity index (χ1v) is 6.86. The van der Waals surface area contributed by atoms with Gasteiger partial charge in [-0.05, 0) is 30.8 Å². The topological polar surface area (TPSA) is 59.0 Å². The zero-order valence-electron chi connectivity index (χ0n) is 10.2. The van der Waals surface area contributed by atoms with Gasteiger partial charge < -0.3 is 4.90 Å². The third-order valence-electron chi connectivity index (χ3n) is 2.11. The molecular formula is C11H12N4OS2. The summed E-state index contributed by atoms with van der Waals surface area (Å²) in [6.07, 6.45) is 1.67. The van der Waals surface area contributed by atoms with Crippen LogP contribution in [0.5, 0.6) is 0 Å². The van der Waals surface area contributed by atoms with Crippen molar-refractivity contribution < 1.29 is 4.79 Å². The molecule has 0 spiro atoms. The van der Waals surface area contributed by atoms with Gasteiger partial charge in [0, 0.05) is 25.9 Å². The number of Topliss-reactive ketones (excluding diaryl/α,β-unsaturated/α-hetero) is 1. The molecule has 0 amide bonds. The van der Waals surface area contributed by atoms with Crippen LogP contribution >= 0.6 is 23.1 Å². The molecule has 7 heteroatoms. The number of carbonyl (C=O) groups is 1. The summed E-state index contributed by atoms with van der Waals surface area (Å²) in [6.45, 7) is 1.53. The van der Waals surface area contributed by atoms with Crippen molar-refractivity contribution in [1.29, 1.82) is 0 Å². The smallest absolute Gasteiger partial charge is 0.208 e. The molecule has 2 aromatic heterocycles. The number of ketones is 1. The van der Waals surface area contributed by atoms with Crippen LogP contribution in [0.15, 0.2) is 27.7 Å². The number of carbonyl (C=O) groups excluding carboxylic acids is 1. The Bertz CT molecular complexity index is 568. The summed E-state index contributed by atoms with van der Waals surface area (Å²) in [5.41, 5.74) is 0.615. The lowest BCUT2D eigenvalue weighted by molar-refractivity contribution is 0.101. The maximum Gasteiger partial charge on any atom is 0.208 e. The van der Waals surface area contributed by atoms with Crippen LogP contribution in [0.1, 0.15) is 17.3 Å². The molecule has 0 saturated heterocycles. The van der Waals surface area contributed by atoms with E-state index in [2.05, 4.69) is 15.2 Å². The minimum Gasteiger partial charge on any atom is -0.353 e. The van der Waals surface area contributed by atoms with E-state index in [1.54, 1.807) is 18.3 Å². The second-order valence-electron chi connectivity index (χ2n) is 3.76. The highest BCUT2D eigenvalue weighted by Gasteiger charge is 2.13. The van der Waals surface area contributed by atoms with Gasteiger partial charge in [-0.25, -0.2) is 4.98 Å². The highest BCUT2D eigenvalue weighted by atomic mass is 32.2. The molecule has 0 N–H and O–H groups in total. The second kappa shape index (κ2) is 5.45. The van der Waals surface area contributed by atoms with Crippen molar-refractivity contribution >= 4 is 34.0 Å². The van der Waals surface area contributed by atoms with Crippen LogP contribution in [0.3, 0.4) is 0 Å². The van der Waals surface area contributed by atoms with E-state index in [1.807, 2.05) is 19.0 Å². The van der Waals surface area contributed by atoms with Gasteiger partial charge in [0.25, 0.3) is 0 Å². The van der Waals surface area contributed by atoms with Crippen molar-refractivity contribution in [2.24, 2.45) is 0 Å². The highest BCUT2D eigenvalue weighted by Crippen LogP contribution is 2.33. The van der Waals surface area contributed by atoms with Gasteiger partial charge in [0.05, 0.1) is 0 Å². The Hall–Kier alpha value is -1.47. The molecule has 5 nitrogen and oxygen atoms in total. The third kappa shape index (κ3) is 2.85. The summed E-state index contributed by atoms with van der Waals surface area (Å²) < 4.78 is 0.778. The summed E-state index contributed by atoms with van der Waals surface area (Å²) >= 11 is 2.84. The molecule has 0 saturated carbocycles. The fraction of sp³-hybridized carbons (Fsp3) is 0.273. The Morgan fingerprint density at radius 1 is 1.39 bits per heavy atom. The van der Waals surface area contributed by atoms with Gasteiger partial charge in [0.15, 0.2) is 10.1 Å². The first-order valence-electron chi connectivity index (χ1n) is 5.22. The molecule has 0 bridgehead atoms. The second-order valence-corrected chi connectivity index (χ2v) is 5.95. The predicted octanol–water partition coefficient (Wildman–Crippen LogP) is 2.35. The zero-order chi connectivity index (χ0) is 13.1. The van der Waals surface area contributed by atoms with E-state index in [0.29, 0.717) is 10.6 Å². The molecule has 0 atom stereocenters. The minimum atomic E-state index is 0.00273. The van der Waals surface area contributed by atoms with Crippen LogP contribution in [0, 0.1) is 0 Å². The minimum absolute atomic E-state index is 0.00273. The summed E-state index contributed by atoms with van der Waals surface area (Å²) in [7, 11) is 3.83. The number of pyridine rings is 1. The maximum atomic E-state index is 11.5. The fourth-order valence-electron chi connectivity index (χ4n) is 1.25. The number of nitrogens with zero attached hydrogens (tertiary/aromatic N) is 4. The summed E-state index contributed by atoms with van der Waals surface area (Å²) in [5.74, 6) is 0.00273. The molecule has 0 aliphatic rings. The number of hydrogen-bond donors (Lipinski definition) is 0. The predicted molar refractivity (Wildman–Crippen MR) is 72.6 cm³/mol. The van der Waals surface area contributed by atoms with Crippen LogP contribution in [-0.4, -0.2) is 35.1 Å². The van der Waals surface area contributed by atoms with Crippen LogP contribution in [0.25, 0.3) is 0 Å². The summed E-state index contributed by atoms with van der Waals surface area (Å²) in [5, 5.41) is 9.62. The molecule has 0 aromatic carbocycles. The van der Waals surface area contributed by atoms with E-state index in [0.717, 1.165) is 9.47 Å². The number of hydrogen-bond acceptors (Lipinski definition) is 7. The van der Waals surface area contributed by atoms with E-state index >= 15 is 0 Å². The molecular weight excluding hydrogens is 268 g/mol. The van der Waals surface area contributed by atoms with Crippen LogP contribution in [0.2, 0.25) is 0 Å². The fourth-order valence-corrected chi connectivity index (χ4v) is 3.06. The lowest BCUT2D eigenvalue weighted by atomic mass is 10.2. The molecule has 2 rings (SSSR count). The molecule has 0 unspecified atom stereocenters. The monoisotopic (exact) mass is 280 g/mol. The average Bonchev–Trinajstić information content (AvgIpc) is 2.78. The highest BCUT2D eigenvalue weighted by molar-refractivity contribution is 8.01. The molecule has 0 aliphatic heterocycles. The first kappa shape index (κ1) is 13.0. The first-order chi connectivity index (χ1) is 8.58. The van der Waals surface area contributed by atoms with Gasteiger partial charge in [0.2, 0.25) is 5.13 Å². The molecule has 18 heavy (non-hydrogen) atoms. The Labute approximate surface area is 113 Å². The lowest BCUT2D eigenvalue weighted by Gasteiger charge is -2.04. The molecule has 94 valence electrons. The van der Waals surface area contributed by atoms with Crippen molar-refractivity contribution in [1.82, 2.24) is 15.2 Å². The van der Waals surface area contributed by atoms with Gasteiger partial charge in [-0.3, -0.25) is 4.79 Å². The van der Waals surface area contributed by atoms with Gasteiger partial charge in [-0.15, -0.1) is 10.2 Å². The van der Waals surface area contributed by atoms with E-state index in [1.165, 1.54) is 30.0 Å². The number of rotatable bonds is 4. The van der Waals surface area contributed by atoms with E-state index in [9.17, 15) is 4.79 Å². The lowest BCUT2D eigenvalue weighted by Crippen LogP contribution is -2.07. The Kier molecular flexibility index (Phi) is 3.93. The van der Waals surface area contributed by atoms with E-state index < -0.39 is 0 Å². The standard InChI is InChI=1S/C11H12N4OS2/c1-7(16)8-5-4-6-12-9(8)17-11-14-13-10(18-11)15(2)3/h4-6H,1-3H3. The third-order valence-corrected chi connectivity index (χ3v) is 4.27. The van der Waals surface area contributed by atoms with Crippen LogP contribution < -0.4 is 4.90 Å². The maximum absolute atomic E-state index is 11.5. The molecule has 0 aliphatic carbocycles. The van der Waals surface area contributed by atoms with Crippen molar-refractivity contribution in [3.05, 3.63) is 23.9 Å². The summed E-state index contributed by atoms with van der Waals surface area (Å²) in [4.78, 5) is 17.6. The van der Waals surface area contributed by atoms with E-state index in [4.69, 9.17) is 0 Å². The Balaban J connectivity index is 2.25. The van der Waals surface area contributed by atoms with Crippen molar-refractivity contribution in [3.8, 4) is 0 Å². The number of aromatic nitrogens is 3. The van der Waals surface area contributed by atoms with Gasteiger partial charge in [0.1, 0.15) is 5.03 Å². The van der Waals surface area contributed by atoms with E-state index in [-0.39, 0.29) is 5.78 Å².